The van der Waals surface area contributed by atoms with Crippen molar-refractivity contribution >= 4 is 70.2 Å². The summed E-state index contributed by atoms with van der Waals surface area (Å²) in [4.78, 5) is 135. The SMILES string of the molecule is CC[C@@]1(O)C(=O)OCc2c1cc1n(c2=O)Cc2c-1nc1cc(F)c(C)c3c1c2[C@@H](NC(=O)COCNC(=O)[C@H](CCC(=O)O)NC(=O)OCc1ccc(NC(=O)[C@H](CCCNC(N)=O)NC(=O)[C@@H](NC(=O)CCOCCOCCOCCOCCNC(O)COC2/C=C\CCCCC2)C(C)C)cc1)CC3. The van der Waals surface area contributed by atoms with Gasteiger partial charge in [0, 0.05) is 54.2 Å². The fraction of sp³-hybridized carbons (Fsp3) is 0.569. The molecule has 4 aromatic rings. The first-order valence-electron chi connectivity index (χ1n) is 35.6. The van der Waals surface area contributed by atoms with Gasteiger partial charge in [-0.25, -0.2) is 23.8 Å². The van der Waals surface area contributed by atoms with Gasteiger partial charge in [-0.15, -0.1) is 0 Å². The highest BCUT2D eigenvalue weighted by Gasteiger charge is 2.46. The first-order chi connectivity index (χ1) is 50.4. The van der Waals surface area contributed by atoms with E-state index < -0.39 is 127 Å². The van der Waals surface area contributed by atoms with Gasteiger partial charge in [0.2, 0.25) is 29.5 Å². The van der Waals surface area contributed by atoms with Gasteiger partial charge < -0.3 is 101 Å². The number of pyridine rings is 2. The van der Waals surface area contributed by atoms with Crippen LogP contribution in [-0.4, -0.2) is 195 Å². The number of nitrogens with two attached hydrogens (primary N) is 1. The van der Waals surface area contributed by atoms with Gasteiger partial charge in [-0.05, 0) is 111 Å². The van der Waals surface area contributed by atoms with E-state index in [1.807, 2.05) is 0 Å². The molecule has 4 aliphatic rings. The standard InChI is InChI=1S/C72H98FN11O21/c1-5-72(97)50-34-56-64-48(36-84(56)68(93)49(50)38-104-69(72)94)62-52(20-19-47-43(4)51(73)35-55(80-64)61(47)62)79-59(87)39-102-41-77-65(90)54(21-22-60(88)89)82-71(96)105-37-44-15-17-45(18-16-44)78-66(91)53(14-11-24-76-70(74)95)81-67(92)63(42(2)3)83-57(85)23-26-98-28-30-100-32-33-101-31-29-99-27-25-75-58(86)40-103-46-12-9-7-6-8-10-13-46/h9,12,15-18,34-35,42,46,52-54,58,63,75,86,97H,5-8,10-11,13-14,19-33,36-41H2,1-4H3,(H,77,90)(H,78,91)(H,79,87)(H,81,92)(H,82,96)(H,83,85)(H,88,89)(H3,74,76,95)/b12-9-/t46?,52-,53-,54-,58?,63-,72-/m0/s1. The molecular weight excluding hydrogens is 1370 g/mol. The quantitative estimate of drug-likeness (QED) is 0.0115. The molecule has 7 atom stereocenters. The number of anilines is 1. The molecule has 2 aromatic heterocycles. The fourth-order valence-electron chi connectivity index (χ4n) is 12.7. The van der Waals surface area contributed by atoms with Crippen LogP contribution < -0.4 is 53.8 Å². The maximum atomic E-state index is 15.5. The number of carboxylic acid groups (broad SMARTS) is 1. The van der Waals surface area contributed by atoms with Crippen molar-refractivity contribution in [1.82, 2.24) is 46.8 Å². The zero-order chi connectivity index (χ0) is 75.6. The lowest BCUT2D eigenvalue weighted by Gasteiger charge is -2.31. The number of carbonyl (C=O) groups excluding carboxylic acids is 8. The van der Waals surface area contributed by atoms with E-state index in [4.69, 9.17) is 48.6 Å². The van der Waals surface area contributed by atoms with E-state index in [0.29, 0.717) is 97.0 Å². The van der Waals surface area contributed by atoms with Crippen molar-refractivity contribution in [2.75, 3.05) is 91.2 Å². The minimum Gasteiger partial charge on any atom is -0.481 e. The number of alkyl carbamates (subject to hydrolysis) is 1. The zero-order valence-corrected chi connectivity index (χ0v) is 59.7. The summed E-state index contributed by atoms with van der Waals surface area (Å²) in [5.41, 5.74) is 6.73. The number of cyclic esters (lactones) is 1. The number of carbonyl (C=O) groups is 9. The summed E-state index contributed by atoms with van der Waals surface area (Å²) in [6.07, 6.45) is 7.80. The van der Waals surface area contributed by atoms with Crippen LogP contribution in [0.2, 0.25) is 0 Å². The lowest BCUT2D eigenvalue weighted by Crippen LogP contribution is -2.54. The van der Waals surface area contributed by atoms with Crippen LogP contribution >= 0.6 is 0 Å². The third-order valence-electron chi connectivity index (χ3n) is 18.4. The summed E-state index contributed by atoms with van der Waals surface area (Å²) in [5, 5.41) is 53.0. The lowest BCUT2D eigenvalue weighted by atomic mass is 9.81. The van der Waals surface area contributed by atoms with Crippen LogP contribution in [0.5, 0.6) is 0 Å². The Morgan fingerprint density at radius 1 is 0.800 bits per heavy atom. The average molecular weight is 1470 g/mol. The van der Waals surface area contributed by atoms with E-state index in [0.717, 1.165) is 19.3 Å². The molecule has 8 amide bonds. The van der Waals surface area contributed by atoms with Crippen molar-refractivity contribution in [1.29, 1.82) is 0 Å². The number of ether oxygens (including phenoxy) is 8. The highest BCUT2D eigenvalue weighted by atomic mass is 19.1. The van der Waals surface area contributed by atoms with Gasteiger partial charge in [-0.3, -0.25) is 38.9 Å². The van der Waals surface area contributed by atoms with Crippen LogP contribution in [0.15, 0.2) is 53.3 Å². The molecular formula is C72H98FN11O21. The molecule has 0 radical (unpaired) electrons. The molecule has 33 heteroatoms. The third kappa shape index (κ3) is 23.5. The summed E-state index contributed by atoms with van der Waals surface area (Å²) >= 11 is 0. The maximum Gasteiger partial charge on any atom is 0.408 e. The molecule has 2 aromatic carbocycles. The average Bonchev–Trinajstić information content (AvgIpc) is 1.60. The van der Waals surface area contributed by atoms with Gasteiger partial charge in [-0.2, -0.15) is 0 Å². The van der Waals surface area contributed by atoms with Crippen molar-refractivity contribution in [2.45, 2.75) is 173 Å². The predicted molar refractivity (Wildman–Crippen MR) is 376 cm³/mol. The Hall–Kier alpha value is -9.06. The number of halogens is 1. The number of aliphatic hydroxyl groups excluding tert-OH is 1. The number of aryl methyl sites for hydroxylation is 1. The number of carboxylic acids is 1. The number of primary amides is 1. The minimum atomic E-state index is -2.08. The lowest BCUT2D eigenvalue weighted by molar-refractivity contribution is -0.172. The number of aliphatic hydroxyl groups is 2. The molecule has 4 heterocycles. The smallest absolute Gasteiger partial charge is 0.408 e. The van der Waals surface area contributed by atoms with Crippen molar-refractivity contribution in [2.24, 2.45) is 11.7 Å². The second kappa shape index (κ2) is 40.4. The monoisotopic (exact) mass is 1470 g/mol. The van der Waals surface area contributed by atoms with Crippen LogP contribution in [0.3, 0.4) is 0 Å². The molecule has 2 aliphatic heterocycles. The Labute approximate surface area is 606 Å². The normalized spacial score (nSPS) is 18.0. The number of rotatable bonds is 42. The fourth-order valence-corrected chi connectivity index (χ4v) is 12.7. The van der Waals surface area contributed by atoms with Gasteiger partial charge >= 0.3 is 24.1 Å². The molecule has 0 fully saturated rings. The topological polar surface area (TPSA) is 445 Å². The zero-order valence-electron chi connectivity index (χ0n) is 59.7. The number of hydrogen-bond donors (Lipinski definition) is 12. The Bertz CT molecular complexity index is 3800. The highest BCUT2D eigenvalue weighted by Crippen LogP contribution is 2.46. The number of allylic oxidation sites excluding steroid dienone is 1. The Balaban J connectivity index is 0.736. The van der Waals surface area contributed by atoms with Crippen LogP contribution in [0.25, 0.3) is 22.3 Å². The number of amides is 8. The van der Waals surface area contributed by atoms with Gasteiger partial charge in [0.05, 0.1) is 101 Å². The number of nitrogens with one attached hydrogen (secondary N) is 8. The Morgan fingerprint density at radius 3 is 2.22 bits per heavy atom. The van der Waals surface area contributed by atoms with E-state index in [-0.39, 0.29) is 113 Å². The molecule has 2 unspecified atom stereocenters. The van der Waals surface area contributed by atoms with Crippen molar-refractivity contribution in [3.05, 3.63) is 104 Å². The first-order valence-corrected chi connectivity index (χ1v) is 35.6. The number of esters is 1. The van der Waals surface area contributed by atoms with Crippen LogP contribution in [0, 0.1) is 18.7 Å². The molecule has 13 N–H and O–H groups in total. The highest BCUT2D eigenvalue weighted by molar-refractivity contribution is 5.99. The molecule has 0 saturated heterocycles. The second-order valence-electron chi connectivity index (χ2n) is 26.3. The largest absolute Gasteiger partial charge is 0.481 e. The number of aliphatic carboxylic acids is 1. The number of urea groups is 1. The third-order valence-corrected chi connectivity index (χ3v) is 18.4. The van der Waals surface area contributed by atoms with Gasteiger partial charge in [0.25, 0.3) is 5.56 Å². The minimum absolute atomic E-state index is 0.0122. The van der Waals surface area contributed by atoms with Crippen molar-refractivity contribution < 1.29 is 101 Å². The Kier molecular flexibility index (Phi) is 31.4. The van der Waals surface area contributed by atoms with Gasteiger partial charge in [0.1, 0.15) is 56.7 Å². The molecule has 0 bridgehead atoms. The Morgan fingerprint density at radius 2 is 1.51 bits per heavy atom. The molecule has 0 spiro atoms. The van der Waals surface area contributed by atoms with Gasteiger partial charge in [0.15, 0.2) is 5.60 Å². The number of hydrogen-bond acceptors (Lipinski definition) is 22. The number of fused-ring (bicyclic) bond motifs is 5. The number of benzene rings is 2. The summed E-state index contributed by atoms with van der Waals surface area (Å²) in [6.45, 7) is 7.87. The first kappa shape index (κ1) is 81.6. The second-order valence-corrected chi connectivity index (χ2v) is 26.3. The summed E-state index contributed by atoms with van der Waals surface area (Å²) < 4.78 is 61.1. The summed E-state index contributed by atoms with van der Waals surface area (Å²) in [7, 11) is 0. The van der Waals surface area contributed by atoms with Crippen LogP contribution in [0.4, 0.5) is 19.7 Å². The molecule has 32 nitrogen and oxygen atoms in total. The molecule has 105 heavy (non-hydrogen) atoms. The molecule has 8 rings (SSSR count). The van der Waals surface area contributed by atoms with E-state index in [2.05, 4.69) is 54.7 Å². The van der Waals surface area contributed by atoms with E-state index in [1.54, 1.807) is 33.8 Å². The van der Waals surface area contributed by atoms with Crippen LogP contribution in [-0.2, 0) is 103 Å². The summed E-state index contributed by atoms with van der Waals surface area (Å²) in [5.74, 6) is -6.28. The van der Waals surface area contributed by atoms with E-state index in [1.165, 1.54) is 47.7 Å². The van der Waals surface area contributed by atoms with Crippen molar-refractivity contribution in [3.8, 4) is 11.4 Å². The van der Waals surface area contributed by atoms with E-state index in [9.17, 15) is 63.3 Å². The van der Waals surface area contributed by atoms with Crippen LogP contribution in [0.1, 0.15) is 143 Å². The predicted octanol–water partition coefficient (Wildman–Crippen LogP) is 3.16. The van der Waals surface area contributed by atoms with E-state index >= 15 is 4.39 Å². The number of aromatic nitrogens is 2. The molecule has 0 saturated carbocycles. The van der Waals surface area contributed by atoms with Crippen molar-refractivity contribution in [3.63, 3.8) is 0 Å². The summed E-state index contributed by atoms with van der Waals surface area (Å²) in [6, 6.07) is 3.77. The molecule has 2 aliphatic carbocycles. The number of nitrogens with zero attached hydrogens (tertiary/aromatic N) is 2. The molecule has 574 valence electrons. The van der Waals surface area contributed by atoms with Gasteiger partial charge in [-0.1, -0.05) is 57.9 Å². The maximum absolute atomic E-state index is 15.5.